The molecular formula is C18H17N5O3. The molecule has 26 heavy (non-hydrogen) atoms. The molecule has 132 valence electrons. The number of pyridine rings is 1. The summed E-state index contributed by atoms with van der Waals surface area (Å²) in [6, 6.07) is 8.47. The molecule has 3 heterocycles. The van der Waals surface area contributed by atoms with Crippen molar-refractivity contribution in [3.05, 3.63) is 64.5 Å². The highest BCUT2D eigenvalue weighted by Gasteiger charge is 2.25. The van der Waals surface area contributed by atoms with Crippen molar-refractivity contribution < 1.29 is 9.32 Å². The minimum atomic E-state index is -0.365. The second-order valence-corrected chi connectivity index (χ2v) is 6.17. The minimum Gasteiger partial charge on any atom is -0.355 e. The van der Waals surface area contributed by atoms with Gasteiger partial charge in [-0.1, -0.05) is 5.16 Å². The molecule has 0 bridgehead atoms. The molecule has 0 radical (unpaired) electrons. The second-order valence-electron chi connectivity index (χ2n) is 6.17. The lowest BCUT2D eigenvalue weighted by atomic mass is 10.2. The van der Waals surface area contributed by atoms with E-state index in [1.54, 1.807) is 30.6 Å². The molecule has 1 saturated carbocycles. The zero-order valence-electron chi connectivity index (χ0n) is 14.0. The van der Waals surface area contributed by atoms with Gasteiger partial charge in [-0.3, -0.25) is 14.6 Å². The SMILES string of the molecule is O=C(NCCn1nc(C2CC2)ccc1=O)c1cc(-c2cccnc2)on1. The first-order chi connectivity index (χ1) is 12.7. The van der Waals surface area contributed by atoms with Crippen molar-refractivity contribution >= 4 is 5.91 Å². The molecule has 0 spiro atoms. The summed E-state index contributed by atoms with van der Waals surface area (Å²) in [5, 5.41) is 10.9. The van der Waals surface area contributed by atoms with Crippen molar-refractivity contribution in [2.24, 2.45) is 0 Å². The molecule has 4 rings (SSSR count). The summed E-state index contributed by atoms with van der Waals surface area (Å²) in [4.78, 5) is 28.1. The zero-order chi connectivity index (χ0) is 17.9. The summed E-state index contributed by atoms with van der Waals surface area (Å²) in [6.45, 7) is 0.577. The number of nitrogens with zero attached hydrogens (tertiary/aromatic N) is 4. The third-order valence-corrected chi connectivity index (χ3v) is 4.18. The highest BCUT2D eigenvalue weighted by atomic mass is 16.5. The highest BCUT2D eigenvalue weighted by molar-refractivity contribution is 5.93. The van der Waals surface area contributed by atoms with E-state index in [2.05, 4.69) is 20.6 Å². The Balaban J connectivity index is 1.37. The van der Waals surface area contributed by atoms with Crippen LogP contribution in [0.3, 0.4) is 0 Å². The van der Waals surface area contributed by atoms with Crippen LogP contribution in [0.5, 0.6) is 0 Å². The third-order valence-electron chi connectivity index (χ3n) is 4.18. The number of hydrogen-bond donors (Lipinski definition) is 1. The fourth-order valence-corrected chi connectivity index (χ4v) is 2.61. The van der Waals surface area contributed by atoms with E-state index in [-0.39, 0.29) is 23.7 Å². The van der Waals surface area contributed by atoms with E-state index in [0.717, 1.165) is 24.1 Å². The Kier molecular flexibility index (Phi) is 4.30. The van der Waals surface area contributed by atoms with E-state index in [1.807, 2.05) is 6.07 Å². The third kappa shape index (κ3) is 3.53. The monoisotopic (exact) mass is 351 g/mol. The molecule has 0 unspecified atom stereocenters. The molecule has 1 aliphatic rings. The predicted octanol–water partition coefficient (Wildman–Crippen LogP) is 1.60. The lowest BCUT2D eigenvalue weighted by Gasteiger charge is -2.07. The lowest BCUT2D eigenvalue weighted by Crippen LogP contribution is -2.32. The first-order valence-electron chi connectivity index (χ1n) is 8.44. The van der Waals surface area contributed by atoms with Gasteiger partial charge in [-0.05, 0) is 31.0 Å². The highest BCUT2D eigenvalue weighted by Crippen LogP contribution is 2.38. The van der Waals surface area contributed by atoms with E-state index in [1.165, 1.54) is 10.7 Å². The molecule has 0 aromatic carbocycles. The fraction of sp³-hybridized carbons (Fsp3) is 0.278. The molecule has 0 saturated heterocycles. The van der Waals surface area contributed by atoms with Crippen LogP contribution in [0.15, 0.2) is 52.0 Å². The maximum Gasteiger partial charge on any atom is 0.273 e. The maximum atomic E-state index is 12.2. The van der Waals surface area contributed by atoms with E-state index in [9.17, 15) is 9.59 Å². The molecule has 8 heteroatoms. The van der Waals surface area contributed by atoms with Gasteiger partial charge in [0.1, 0.15) is 0 Å². The largest absolute Gasteiger partial charge is 0.355 e. The molecule has 8 nitrogen and oxygen atoms in total. The summed E-state index contributed by atoms with van der Waals surface area (Å²) in [5.41, 5.74) is 1.68. The average molecular weight is 351 g/mol. The molecule has 0 aliphatic heterocycles. The van der Waals surface area contributed by atoms with E-state index in [4.69, 9.17) is 4.52 Å². The van der Waals surface area contributed by atoms with Crippen LogP contribution in [0.1, 0.15) is 34.9 Å². The minimum absolute atomic E-state index is 0.177. The average Bonchev–Trinajstić information content (AvgIpc) is 3.40. The second kappa shape index (κ2) is 6.91. The summed E-state index contributed by atoms with van der Waals surface area (Å²) in [5.74, 6) is 0.575. The number of rotatable bonds is 6. The number of nitrogens with one attached hydrogen (secondary N) is 1. The summed E-state index contributed by atoms with van der Waals surface area (Å²) in [7, 11) is 0. The van der Waals surface area contributed by atoms with Crippen molar-refractivity contribution in [3.8, 4) is 11.3 Å². The first kappa shape index (κ1) is 16.2. The Hall–Kier alpha value is -3.29. The summed E-state index contributed by atoms with van der Waals surface area (Å²) < 4.78 is 6.57. The summed E-state index contributed by atoms with van der Waals surface area (Å²) >= 11 is 0. The van der Waals surface area contributed by atoms with Gasteiger partial charge >= 0.3 is 0 Å². The van der Waals surface area contributed by atoms with Crippen LogP contribution in [-0.2, 0) is 6.54 Å². The Morgan fingerprint density at radius 1 is 1.31 bits per heavy atom. The van der Waals surface area contributed by atoms with Gasteiger partial charge in [0, 0.05) is 42.6 Å². The van der Waals surface area contributed by atoms with Gasteiger partial charge in [-0.2, -0.15) is 5.10 Å². The number of hydrogen-bond acceptors (Lipinski definition) is 6. The van der Waals surface area contributed by atoms with Crippen molar-refractivity contribution in [1.29, 1.82) is 0 Å². The van der Waals surface area contributed by atoms with Crippen LogP contribution >= 0.6 is 0 Å². The summed E-state index contributed by atoms with van der Waals surface area (Å²) in [6.07, 6.45) is 5.52. The Labute approximate surface area is 148 Å². The van der Waals surface area contributed by atoms with Gasteiger partial charge in [0.05, 0.1) is 12.2 Å². The number of carbonyl (C=O) groups excluding carboxylic acids is 1. The van der Waals surface area contributed by atoms with Crippen molar-refractivity contribution in [2.75, 3.05) is 6.54 Å². The van der Waals surface area contributed by atoms with Gasteiger partial charge in [0.25, 0.3) is 11.5 Å². The van der Waals surface area contributed by atoms with Gasteiger partial charge in [0.15, 0.2) is 11.5 Å². The standard InChI is InChI=1S/C18H17N5O3/c24-17-6-5-14(12-3-4-12)21-23(17)9-8-20-18(25)15-10-16(26-22-15)13-2-1-7-19-11-13/h1-2,5-7,10-12H,3-4,8-9H2,(H,20,25). The quantitative estimate of drug-likeness (QED) is 0.723. The van der Waals surface area contributed by atoms with Gasteiger partial charge in [-0.25, -0.2) is 4.68 Å². The number of amides is 1. The van der Waals surface area contributed by atoms with Gasteiger partial charge in [0.2, 0.25) is 0 Å². The topological polar surface area (TPSA) is 103 Å². The maximum absolute atomic E-state index is 12.2. The van der Waals surface area contributed by atoms with E-state index >= 15 is 0 Å². The Morgan fingerprint density at radius 3 is 2.96 bits per heavy atom. The predicted molar refractivity (Wildman–Crippen MR) is 92.5 cm³/mol. The molecular weight excluding hydrogens is 334 g/mol. The molecule has 3 aromatic heterocycles. The van der Waals surface area contributed by atoms with Crippen LogP contribution < -0.4 is 10.9 Å². The van der Waals surface area contributed by atoms with Crippen molar-refractivity contribution in [1.82, 2.24) is 25.2 Å². The van der Waals surface area contributed by atoms with Gasteiger partial charge in [-0.15, -0.1) is 0 Å². The Morgan fingerprint density at radius 2 is 2.19 bits per heavy atom. The molecule has 1 aliphatic carbocycles. The van der Waals surface area contributed by atoms with E-state index in [0.29, 0.717) is 18.2 Å². The normalized spacial score (nSPS) is 13.5. The fourth-order valence-electron chi connectivity index (χ4n) is 2.61. The van der Waals surface area contributed by atoms with Crippen LogP contribution in [-0.4, -0.2) is 32.4 Å². The molecule has 1 fully saturated rings. The van der Waals surface area contributed by atoms with Gasteiger partial charge < -0.3 is 9.84 Å². The molecule has 3 aromatic rings. The molecule has 1 amide bonds. The van der Waals surface area contributed by atoms with Crippen molar-refractivity contribution in [3.63, 3.8) is 0 Å². The first-order valence-corrected chi connectivity index (χ1v) is 8.44. The smallest absolute Gasteiger partial charge is 0.273 e. The number of aromatic nitrogens is 4. The van der Waals surface area contributed by atoms with Crippen LogP contribution in [0, 0.1) is 0 Å². The van der Waals surface area contributed by atoms with Crippen molar-refractivity contribution in [2.45, 2.75) is 25.3 Å². The molecule has 1 N–H and O–H groups in total. The number of carbonyl (C=O) groups is 1. The molecule has 0 atom stereocenters. The lowest BCUT2D eigenvalue weighted by molar-refractivity contribution is 0.0942. The van der Waals surface area contributed by atoms with Crippen LogP contribution in [0.2, 0.25) is 0 Å². The van der Waals surface area contributed by atoms with Crippen LogP contribution in [0.25, 0.3) is 11.3 Å². The zero-order valence-corrected chi connectivity index (χ0v) is 14.0. The van der Waals surface area contributed by atoms with Crippen LogP contribution in [0.4, 0.5) is 0 Å². The van der Waals surface area contributed by atoms with E-state index < -0.39 is 0 Å². The Bertz CT molecular complexity index is 976.